The molecule has 1 atom stereocenters. The molecule has 0 fully saturated rings. The summed E-state index contributed by atoms with van der Waals surface area (Å²) in [6, 6.07) is 6.46. The zero-order chi connectivity index (χ0) is 17.5. The van der Waals surface area contributed by atoms with E-state index < -0.39 is 26.4 Å². The van der Waals surface area contributed by atoms with Crippen LogP contribution >= 0.6 is 0 Å². The number of methoxy groups -OCH3 is 1. The van der Waals surface area contributed by atoms with E-state index in [4.69, 9.17) is 4.74 Å². The van der Waals surface area contributed by atoms with Crippen LogP contribution in [0.15, 0.2) is 24.3 Å². The normalized spacial score (nSPS) is 13.0. The molecule has 9 heteroatoms. The maximum atomic E-state index is 13.2. The Labute approximate surface area is 138 Å². The van der Waals surface area contributed by atoms with Crippen LogP contribution in [-0.2, 0) is 21.1 Å². The SMILES string of the molecule is CCCC(CCCN(c1ccc(OC)cc1)[SH](=O)=O)S(=O)(=O)F. The average molecular weight is 367 g/mol. The van der Waals surface area contributed by atoms with Gasteiger partial charge in [0.15, 0.2) is 0 Å². The quantitative estimate of drug-likeness (QED) is 0.507. The molecule has 0 aliphatic rings. The molecule has 0 heterocycles. The van der Waals surface area contributed by atoms with E-state index in [1.165, 1.54) is 7.11 Å². The summed E-state index contributed by atoms with van der Waals surface area (Å²) >= 11 is 0. The van der Waals surface area contributed by atoms with Crippen LogP contribution in [0.2, 0.25) is 0 Å². The lowest BCUT2D eigenvalue weighted by atomic mass is 10.1. The molecule has 0 aromatic heterocycles. The predicted octanol–water partition coefficient (Wildman–Crippen LogP) is 2.28. The van der Waals surface area contributed by atoms with E-state index in [1.807, 2.05) is 0 Å². The first-order valence-electron chi connectivity index (χ1n) is 7.29. The van der Waals surface area contributed by atoms with Crippen LogP contribution in [0.4, 0.5) is 9.57 Å². The monoisotopic (exact) mass is 367 g/mol. The fraction of sp³-hybridized carbons (Fsp3) is 0.571. The number of benzene rings is 1. The first kappa shape index (κ1) is 19.7. The molecule has 132 valence electrons. The Morgan fingerprint density at radius 2 is 1.83 bits per heavy atom. The highest BCUT2D eigenvalue weighted by molar-refractivity contribution is 7.87. The van der Waals surface area contributed by atoms with Crippen molar-refractivity contribution in [1.82, 2.24) is 0 Å². The lowest BCUT2D eigenvalue weighted by molar-refractivity contribution is 0.415. The van der Waals surface area contributed by atoms with Gasteiger partial charge >= 0.3 is 10.2 Å². The van der Waals surface area contributed by atoms with E-state index >= 15 is 0 Å². The third kappa shape index (κ3) is 6.34. The van der Waals surface area contributed by atoms with Crippen molar-refractivity contribution in [2.24, 2.45) is 0 Å². The lowest BCUT2D eigenvalue weighted by Gasteiger charge is -2.19. The van der Waals surface area contributed by atoms with Crippen LogP contribution in [0.3, 0.4) is 0 Å². The van der Waals surface area contributed by atoms with Gasteiger partial charge in [0.2, 0.25) is 10.9 Å². The smallest absolute Gasteiger partial charge is 0.305 e. The van der Waals surface area contributed by atoms with Crippen molar-refractivity contribution in [3.63, 3.8) is 0 Å². The summed E-state index contributed by atoms with van der Waals surface area (Å²) in [5.41, 5.74) is 0.456. The number of thiol groups is 1. The largest absolute Gasteiger partial charge is 0.497 e. The van der Waals surface area contributed by atoms with Gasteiger partial charge in [-0.3, -0.25) is 4.31 Å². The van der Waals surface area contributed by atoms with Gasteiger partial charge in [-0.25, -0.2) is 8.42 Å². The molecule has 0 aliphatic heterocycles. The van der Waals surface area contributed by atoms with Gasteiger partial charge in [-0.1, -0.05) is 13.3 Å². The van der Waals surface area contributed by atoms with Gasteiger partial charge in [-0.15, -0.1) is 3.89 Å². The summed E-state index contributed by atoms with van der Waals surface area (Å²) < 4.78 is 64.2. The molecule has 0 N–H and O–H groups in total. The Kier molecular flexibility index (Phi) is 7.77. The van der Waals surface area contributed by atoms with E-state index in [-0.39, 0.29) is 25.8 Å². The second-order valence-electron chi connectivity index (χ2n) is 5.09. The van der Waals surface area contributed by atoms with Gasteiger partial charge in [0.05, 0.1) is 18.0 Å². The second-order valence-corrected chi connectivity index (χ2v) is 7.66. The summed E-state index contributed by atoms with van der Waals surface area (Å²) in [4.78, 5) is 0. The van der Waals surface area contributed by atoms with Gasteiger partial charge in [0.25, 0.3) is 0 Å². The molecular weight excluding hydrogens is 345 g/mol. The fourth-order valence-corrected chi connectivity index (χ4v) is 3.87. The highest BCUT2D eigenvalue weighted by atomic mass is 32.3. The van der Waals surface area contributed by atoms with Crippen molar-refractivity contribution in [2.75, 3.05) is 18.0 Å². The van der Waals surface area contributed by atoms with Gasteiger partial charge in [0.1, 0.15) is 5.75 Å². The number of hydrogen-bond donors (Lipinski definition) is 1. The number of anilines is 1. The summed E-state index contributed by atoms with van der Waals surface area (Å²) in [6.07, 6.45) is 1.11. The van der Waals surface area contributed by atoms with Crippen LogP contribution in [0.5, 0.6) is 5.75 Å². The Balaban J connectivity index is 2.73. The molecular formula is C14H22FNO5S2. The highest BCUT2D eigenvalue weighted by Gasteiger charge is 2.23. The van der Waals surface area contributed by atoms with Crippen molar-refractivity contribution in [3.05, 3.63) is 24.3 Å². The van der Waals surface area contributed by atoms with Crippen LogP contribution in [0.1, 0.15) is 32.6 Å². The first-order chi connectivity index (χ1) is 10.8. The van der Waals surface area contributed by atoms with E-state index in [0.29, 0.717) is 17.9 Å². The van der Waals surface area contributed by atoms with Crippen molar-refractivity contribution in [3.8, 4) is 5.75 Å². The maximum Gasteiger partial charge on any atom is 0.305 e. The van der Waals surface area contributed by atoms with Crippen molar-refractivity contribution in [1.29, 1.82) is 0 Å². The molecule has 0 radical (unpaired) electrons. The maximum absolute atomic E-state index is 13.2. The van der Waals surface area contributed by atoms with E-state index in [0.717, 1.165) is 4.31 Å². The summed E-state index contributed by atoms with van der Waals surface area (Å²) in [6.45, 7) is 1.87. The zero-order valence-corrected chi connectivity index (χ0v) is 14.9. The molecule has 1 aromatic rings. The van der Waals surface area contributed by atoms with Crippen molar-refractivity contribution in [2.45, 2.75) is 37.9 Å². The third-order valence-corrected chi connectivity index (χ3v) is 5.57. The number of rotatable bonds is 10. The van der Waals surface area contributed by atoms with Gasteiger partial charge in [0, 0.05) is 6.54 Å². The molecule has 0 saturated carbocycles. The molecule has 0 aliphatic carbocycles. The lowest BCUT2D eigenvalue weighted by Crippen LogP contribution is -2.25. The van der Waals surface area contributed by atoms with Gasteiger partial charge in [-0.2, -0.15) is 8.42 Å². The standard InChI is InChI=1S/C14H22FNO5S2/c1-3-5-14(23(15,19)20)6-4-11-16(22(17)18)12-7-9-13(21-2)10-8-12/h7-10,14,22H,3-6,11H2,1-2H3. The molecule has 1 aromatic carbocycles. The van der Waals surface area contributed by atoms with Crippen molar-refractivity contribution >= 4 is 26.8 Å². The predicted molar refractivity (Wildman–Crippen MR) is 88.6 cm³/mol. The Hall–Kier alpha value is -1.35. The van der Waals surface area contributed by atoms with E-state index in [9.17, 15) is 20.7 Å². The number of nitrogens with zero attached hydrogens (tertiary/aromatic N) is 1. The summed E-state index contributed by atoms with van der Waals surface area (Å²) in [7, 11) is -5.97. The summed E-state index contributed by atoms with van der Waals surface area (Å²) in [5.74, 6) is 0.598. The number of halogens is 1. The molecule has 0 saturated heterocycles. The average Bonchev–Trinajstić information content (AvgIpc) is 2.49. The minimum atomic E-state index is -4.60. The molecule has 0 bridgehead atoms. The zero-order valence-electron chi connectivity index (χ0n) is 13.1. The van der Waals surface area contributed by atoms with Crippen LogP contribution in [0.25, 0.3) is 0 Å². The number of ether oxygens (including phenoxy) is 1. The molecule has 6 nitrogen and oxygen atoms in total. The van der Waals surface area contributed by atoms with Crippen LogP contribution < -0.4 is 9.04 Å². The third-order valence-electron chi connectivity index (χ3n) is 3.47. The highest BCUT2D eigenvalue weighted by Crippen LogP contribution is 2.21. The summed E-state index contributed by atoms with van der Waals surface area (Å²) in [5, 5.41) is -1.07. The Morgan fingerprint density at radius 1 is 1.22 bits per heavy atom. The molecule has 1 rings (SSSR count). The van der Waals surface area contributed by atoms with Gasteiger partial charge in [-0.05, 0) is 43.5 Å². The Morgan fingerprint density at radius 3 is 2.26 bits per heavy atom. The minimum absolute atomic E-state index is 0.0858. The first-order valence-corrected chi connectivity index (χ1v) is 9.86. The second kappa shape index (κ2) is 9.07. The minimum Gasteiger partial charge on any atom is -0.497 e. The topological polar surface area (TPSA) is 80.8 Å². The molecule has 0 spiro atoms. The van der Waals surface area contributed by atoms with E-state index in [2.05, 4.69) is 0 Å². The van der Waals surface area contributed by atoms with Crippen LogP contribution in [0, 0.1) is 0 Å². The molecule has 1 unspecified atom stereocenters. The van der Waals surface area contributed by atoms with Crippen LogP contribution in [-0.4, -0.2) is 35.7 Å². The van der Waals surface area contributed by atoms with Crippen molar-refractivity contribution < 1.29 is 25.5 Å². The number of hydrogen-bond acceptors (Lipinski definition) is 5. The fourth-order valence-electron chi connectivity index (χ4n) is 2.28. The Bertz CT molecular complexity index is 650. The van der Waals surface area contributed by atoms with E-state index in [1.54, 1.807) is 31.2 Å². The molecule has 23 heavy (non-hydrogen) atoms. The van der Waals surface area contributed by atoms with Gasteiger partial charge < -0.3 is 4.74 Å². The molecule has 0 amide bonds.